The third-order valence-electron chi connectivity index (χ3n) is 3.16. The molecule has 0 unspecified atom stereocenters. The van der Waals surface area contributed by atoms with Gasteiger partial charge in [-0.25, -0.2) is 4.79 Å². The van der Waals surface area contributed by atoms with Crippen LogP contribution in [0.4, 0.5) is 0 Å². The molecule has 5 heteroatoms. The van der Waals surface area contributed by atoms with E-state index >= 15 is 0 Å². The van der Waals surface area contributed by atoms with E-state index in [0.29, 0.717) is 11.5 Å². The number of hydrogen-bond acceptors (Lipinski definition) is 4. The van der Waals surface area contributed by atoms with Crippen LogP contribution in [0.2, 0.25) is 0 Å². The maximum Gasteiger partial charge on any atom is 0.331 e. The molecule has 2 N–H and O–H groups in total. The SMILES string of the molecule is CCOC(=O)[C@H](NC(C)=O)[C@@H](O)c1ccc(C(C)C)cc1. The van der Waals surface area contributed by atoms with E-state index in [1.165, 1.54) is 6.92 Å². The highest BCUT2D eigenvalue weighted by atomic mass is 16.5. The number of ether oxygens (including phenoxy) is 1. The van der Waals surface area contributed by atoms with Crippen molar-refractivity contribution in [3.05, 3.63) is 35.4 Å². The highest BCUT2D eigenvalue weighted by Crippen LogP contribution is 2.21. The van der Waals surface area contributed by atoms with E-state index in [1.807, 2.05) is 12.1 Å². The maximum absolute atomic E-state index is 11.9. The second-order valence-electron chi connectivity index (χ2n) is 5.20. The summed E-state index contributed by atoms with van der Waals surface area (Å²) in [6.07, 6.45) is -1.14. The number of rotatable bonds is 6. The molecule has 0 saturated heterocycles. The lowest BCUT2D eigenvalue weighted by atomic mass is 9.97. The Balaban J connectivity index is 2.95. The number of benzene rings is 1. The summed E-state index contributed by atoms with van der Waals surface area (Å²) in [5.74, 6) is -0.661. The lowest BCUT2D eigenvalue weighted by Gasteiger charge is -2.22. The number of carbonyl (C=O) groups excluding carboxylic acids is 2. The van der Waals surface area contributed by atoms with Crippen LogP contribution in [0.3, 0.4) is 0 Å². The molecule has 0 saturated carbocycles. The zero-order valence-corrected chi connectivity index (χ0v) is 12.9. The van der Waals surface area contributed by atoms with Crippen molar-refractivity contribution in [1.82, 2.24) is 5.32 Å². The summed E-state index contributed by atoms with van der Waals surface area (Å²) in [5, 5.41) is 12.8. The van der Waals surface area contributed by atoms with E-state index in [4.69, 9.17) is 4.74 Å². The third kappa shape index (κ3) is 4.86. The van der Waals surface area contributed by atoms with E-state index in [2.05, 4.69) is 19.2 Å². The molecule has 21 heavy (non-hydrogen) atoms. The van der Waals surface area contributed by atoms with Crippen LogP contribution < -0.4 is 5.32 Å². The van der Waals surface area contributed by atoms with Gasteiger partial charge in [0.15, 0.2) is 6.04 Å². The van der Waals surface area contributed by atoms with E-state index in [1.54, 1.807) is 19.1 Å². The van der Waals surface area contributed by atoms with Crippen LogP contribution in [-0.2, 0) is 14.3 Å². The standard InChI is InChI=1S/C16H23NO4/c1-5-21-16(20)14(17-11(4)18)15(19)13-8-6-12(7-9-13)10(2)3/h6-10,14-15,19H,5H2,1-4H3,(H,17,18)/t14-,15+/m1/s1. The van der Waals surface area contributed by atoms with Gasteiger partial charge in [-0.2, -0.15) is 0 Å². The van der Waals surface area contributed by atoms with Crippen molar-refractivity contribution in [2.45, 2.75) is 45.8 Å². The summed E-state index contributed by atoms with van der Waals surface area (Å²) in [7, 11) is 0. The van der Waals surface area contributed by atoms with E-state index in [-0.39, 0.29) is 6.61 Å². The smallest absolute Gasteiger partial charge is 0.331 e. The van der Waals surface area contributed by atoms with E-state index < -0.39 is 24.0 Å². The highest BCUT2D eigenvalue weighted by Gasteiger charge is 2.30. The summed E-state index contributed by atoms with van der Waals surface area (Å²) in [6, 6.07) is 6.22. The van der Waals surface area contributed by atoms with Crippen LogP contribution in [0, 0.1) is 0 Å². The topological polar surface area (TPSA) is 75.6 Å². The van der Waals surface area contributed by atoms with Crippen LogP contribution in [0.5, 0.6) is 0 Å². The van der Waals surface area contributed by atoms with Crippen molar-refractivity contribution in [1.29, 1.82) is 0 Å². The zero-order valence-electron chi connectivity index (χ0n) is 12.9. The highest BCUT2D eigenvalue weighted by molar-refractivity contribution is 5.84. The molecule has 0 aliphatic carbocycles. The molecule has 0 heterocycles. The van der Waals surface area contributed by atoms with Crippen LogP contribution in [0.15, 0.2) is 24.3 Å². The van der Waals surface area contributed by atoms with Gasteiger partial charge in [-0.3, -0.25) is 4.79 Å². The Labute approximate surface area is 125 Å². The lowest BCUT2D eigenvalue weighted by Crippen LogP contribution is -2.45. The second kappa shape index (κ2) is 7.78. The van der Waals surface area contributed by atoms with Gasteiger partial charge in [0, 0.05) is 6.92 Å². The predicted octanol–water partition coefficient (Wildman–Crippen LogP) is 1.91. The first-order chi connectivity index (χ1) is 9.86. The Bertz CT molecular complexity index is 482. The summed E-state index contributed by atoms with van der Waals surface area (Å²) in [4.78, 5) is 23.1. The van der Waals surface area contributed by atoms with Crippen LogP contribution in [-0.4, -0.2) is 29.6 Å². The zero-order chi connectivity index (χ0) is 16.0. The van der Waals surface area contributed by atoms with Crippen molar-refractivity contribution in [3.8, 4) is 0 Å². The van der Waals surface area contributed by atoms with Gasteiger partial charge in [0.1, 0.15) is 6.10 Å². The molecule has 0 fully saturated rings. The Morgan fingerprint density at radius 1 is 1.19 bits per heavy atom. The first-order valence-corrected chi connectivity index (χ1v) is 7.08. The van der Waals surface area contributed by atoms with Gasteiger partial charge in [-0.1, -0.05) is 38.1 Å². The second-order valence-corrected chi connectivity index (χ2v) is 5.20. The molecule has 1 aromatic rings. The van der Waals surface area contributed by atoms with Gasteiger partial charge in [0.25, 0.3) is 0 Å². The number of aliphatic hydroxyl groups is 1. The average Bonchev–Trinajstić information content (AvgIpc) is 2.44. The molecule has 116 valence electrons. The molecular formula is C16H23NO4. The first-order valence-electron chi connectivity index (χ1n) is 7.08. The molecule has 1 amide bonds. The molecule has 0 spiro atoms. The minimum Gasteiger partial charge on any atom is -0.464 e. The fourth-order valence-corrected chi connectivity index (χ4v) is 1.99. The molecule has 1 rings (SSSR count). The molecule has 5 nitrogen and oxygen atoms in total. The Kier molecular flexibility index (Phi) is 6.37. The van der Waals surface area contributed by atoms with E-state index in [9.17, 15) is 14.7 Å². The molecule has 1 aromatic carbocycles. The Morgan fingerprint density at radius 3 is 2.14 bits per heavy atom. The van der Waals surface area contributed by atoms with Gasteiger partial charge in [0.05, 0.1) is 6.61 Å². The average molecular weight is 293 g/mol. The van der Waals surface area contributed by atoms with Crippen molar-refractivity contribution < 1.29 is 19.4 Å². The van der Waals surface area contributed by atoms with E-state index in [0.717, 1.165) is 5.56 Å². The molecule has 2 atom stereocenters. The first kappa shape index (κ1) is 17.2. The van der Waals surface area contributed by atoms with Crippen LogP contribution in [0.1, 0.15) is 50.8 Å². The predicted molar refractivity (Wildman–Crippen MR) is 79.7 cm³/mol. The summed E-state index contributed by atoms with van der Waals surface area (Å²) in [6.45, 7) is 7.30. The van der Waals surface area contributed by atoms with Crippen molar-refractivity contribution in [2.24, 2.45) is 0 Å². The number of hydrogen-bond donors (Lipinski definition) is 2. The normalized spacial score (nSPS) is 13.6. The van der Waals surface area contributed by atoms with Crippen molar-refractivity contribution >= 4 is 11.9 Å². The number of nitrogens with one attached hydrogen (secondary N) is 1. The van der Waals surface area contributed by atoms with Gasteiger partial charge in [-0.15, -0.1) is 0 Å². The Hall–Kier alpha value is -1.88. The summed E-state index contributed by atoms with van der Waals surface area (Å²) < 4.78 is 4.90. The van der Waals surface area contributed by atoms with Gasteiger partial charge < -0.3 is 15.2 Å². The third-order valence-corrected chi connectivity index (χ3v) is 3.16. The fourth-order valence-electron chi connectivity index (χ4n) is 1.99. The minimum atomic E-state index is -1.14. The molecule has 0 aliphatic rings. The van der Waals surface area contributed by atoms with Gasteiger partial charge in [-0.05, 0) is 24.0 Å². The largest absolute Gasteiger partial charge is 0.464 e. The number of amides is 1. The maximum atomic E-state index is 11.9. The minimum absolute atomic E-state index is 0.188. The molecule has 0 aromatic heterocycles. The number of esters is 1. The van der Waals surface area contributed by atoms with Gasteiger partial charge in [0.2, 0.25) is 5.91 Å². The molecule has 0 aliphatic heterocycles. The van der Waals surface area contributed by atoms with Crippen LogP contribution >= 0.6 is 0 Å². The lowest BCUT2D eigenvalue weighted by molar-refractivity contribution is -0.150. The number of aliphatic hydroxyl groups excluding tert-OH is 1. The molecule has 0 radical (unpaired) electrons. The summed E-state index contributed by atoms with van der Waals surface area (Å²) >= 11 is 0. The summed E-state index contributed by atoms with van der Waals surface area (Å²) in [5.41, 5.74) is 1.70. The van der Waals surface area contributed by atoms with Crippen molar-refractivity contribution in [3.63, 3.8) is 0 Å². The molecule has 0 bridgehead atoms. The molecular weight excluding hydrogens is 270 g/mol. The number of carbonyl (C=O) groups is 2. The van der Waals surface area contributed by atoms with Crippen molar-refractivity contribution in [2.75, 3.05) is 6.61 Å². The van der Waals surface area contributed by atoms with Gasteiger partial charge >= 0.3 is 5.97 Å². The monoisotopic (exact) mass is 293 g/mol. The fraction of sp³-hybridized carbons (Fsp3) is 0.500. The Morgan fingerprint density at radius 2 is 1.71 bits per heavy atom. The van der Waals surface area contributed by atoms with Crippen LogP contribution in [0.25, 0.3) is 0 Å². The quantitative estimate of drug-likeness (QED) is 0.786.